The molecule has 2 N–H and O–H groups in total. The predicted octanol–water partition coefficient (Wildman–Crippen LogP) is 1.02. The van der Waals surface area contributed by atoms with E-state index in [0.29, 0.717) is 29.5 Å². The average Bonchev–Trinajstić information content (AvgIpc) is 2.36. The third-order valence-corrected chi connectivity index (χ3v) is 3.20. The van der Waals surface area contributed by atoms with Gasteiger partial charge in [0.1, 0.15) is 6.23 Å². The first kappa shape index (κ1) is 10.2. The highest BCUT2D eigenvalue weighted by atomic mass is 16.3. The number of rotatable bonds is 0. The summed E-state index contributed by atoms with van der Waals surface area (Å²) < 4.78 is 0. The molecular formula is C13H11NO3. The van der Waals surface area contributed by atoms with Crippen LogP contribution in [-0.4, -0.2) is 22.9 Å². The second kappa shape index (κ2) is 3.53. The molecule has 1 heterocycles. The minimum Gasteiger partial charge on any atom is -0.374 e. The number of aliphatic hydroxyl groups is 1. The molecule has 1 aliphatic heterocycles. The number of hydrogen-bond donors (Lipinski definition) is 2. The number of carbonyl (C=O) groups excluding carboxylic acids is 2. The predicted molar refractivity (Wildman–Crippen MR) is 60.5 cm³/mol. The van der Waals surface area contributed by atoms with Crippen LogP contribution < -0.4 is 5.32 Å². The molecule has 1 aromatic rings. The highest BCUT2D eigenvalue weighted by Crippen LogP contribution is 2.30. The summed E-state index contributed by atoms with van der Waals surface area (Å²) in [6, 6.07) is 6.79. The van der Waals surface area contributed by atoms with E-state index in [9.17, 15) is 14.7 Å². The van der Waals surface area contributed by atoms with Crippen molar-refractivity contribution < 1.29 is 14.7 Å². The maximum absolute atomic E-state index is 12.2. The second-order valence-corrected chi connectivity index (χ2v) is 4.26. The van der Waals surface area contributed by atoms with E-state index in [1.807, 2.05) is 0 Å². The summed E-state index contributed by atoms with van der Waals surface area (Å²) >= 11 is 0. The van der Waals surface area contributed by atoms with E-state index in [-0.39, 0.29) is 17.3 Å². The van der Waals surface area contributed by atoms with Gasteiger partial charge in [-0.1, -0.05) is 24.3 Å². The Bertz CT molecular complexity index is 560. The van der Waals surface area contributed by atoms with E-state index in [2.05, 4.69) is 5.32 Å². The van der Waals surface area contributed by atoms with Crippen molar-refractivity contribution in [2.75, 3.05) is 0 Å². The van der Waals surface area contributed by atoms with Gasteiger partial charge >= 0.3 is 0 Å². The fourth-order valence-corrected chi connectivity index (χ4v) is 2.34. The van der Waals surface area contributed by atoms with Gasteiger partial charge < -0.3 is 10.4 Å². The summed E-state index contributed by atoms with van der Waals surface area (Å²) in [4.78, 5) is 24.3. The number of aliphatic hydroxyl groups excluding tert-OH is 1. The van der Waals surface area contributed by atoms with Gasteiger partial charge in [0.25, 0.3) is 0 Å². The standard InChI is InChI=1S/C13H11NO3/c15-10-6-5-9-11(14-10)13(17)8-4-2-1-3-7(8)12(9)16/h1-4,10,14-15H,5-6H2. The number of ketones is 2. The number of Topliss-reactive ketones (excluding diaryl/α,β-unsaturated/α-hetero) is 2. The van der Waals surface area contributed by atoms with Gasteiger partial charge in [0.2, 0.25) is 5.78 Å². The highest BCUT2D eigenvalue weighted by molar-refractivity contribution is 6.26. The van der Waals surface area contributed by atoms with Gasteiger partial charge in [-0.15, -0.1) is 0 Å². The van der Waals surface area contributed by atoms with Gasteiger partial charge in [-0.2, -0.15) is 0 Å². The lowest BCUT2D eigenvalue weighted by Crippen LogP contribution is -2.40. The van der Waals surface area contributed by atoms with Crippen LogP contribution in [0.15, 0.2) is 35.5 Å². The Morgan fingerprint density at radius 3 is 2.47 bits per heavy atom. The largest absolute Gasteiger partial charge is 0.374 e. The summed E-state index contributed by atoms with van der Waals surface area (Å²) in [6.45, 7) is 0. The van der Waals surface area contributed by atoms with Crippen LogP contribution >= 0.6 is 0 Å². The molecule has 0 aromatic heterocycles. The fraction of sp³-hybridized carbons (Fsp3) is 0.231. The van der Waals surface area contributed by atoms with E-state index in [0.717, 1.165) is 0 Å². The molecule has 4 nitrogen and oxygen atoms in total. The summed E-state index contributed by atoms with van der Waals surface area (Å²) in [6.07, 6.45) is 0.165. The number of allylic oxidation sites excluding steroid dienone is 2. The molecule has 0 fully saturated rings. The van der Waals surface area contributed by atoms with Crippen molar-refractivity contribution in [3.05, 3.63) is 46.7 Å². The Labute approximate surface area is 98.0 Å². The molecular weight excluding hydrogens is 218 g/mol. The first-order valence-electron chi connectivity index (χ1n) is 5.54. The number of fused-ring (bicyclic) bond motifs is 1. The van der Waals surface area contributed by atoms with Crippen LogP contribution in [-0.2, 0) is 0 Å². The van der Waals surface area contributed by atoms with Crippen LogP contribution in [0.4, 0.5) is 0 Å². The lowest BCUT2D eigenvalue weighted by Gasteiger charge is -2.28. The molecule has 0 bridgehead atoms. The van der Waals surface area contributed by atoms with Gasteiger partial charge in [-0.05, 0) is 12.8 Å². The SMILES string of the molecule is O=C1C2=C(NC(O)CC2)C(=O)c2ccccc21. The van der Waals surface area contributed by atoms with E-state index in [4.69, 9.17) is 0 Å². The molecule has 0 saturated heterocycles. The Morgan fingerprint density at radius 1 is 1.12 bits per heavy atom. The maximum atomic E-state index is 12.2. The van der Waals surface area contributed by atoms with Crippen LogP contribution in [0.5, 0.6) is 0 Å². The molecule has 0 saturated carbocycles. The molecule has 0 spiro atoms. The van der Waals surface area contributed by atoms with Gasteiger partial charge in [-0.3, -0.25) is 9.59 Å². The monoisotopic (exact) mass is 229 g/mol. The Hall–Kier alpha value is -1.94. The van der Waals surface area contributed by atoms with E-state index >= 15 is 0 Å². The quantitative estimate of drug-likeness (QED) is 0.697. The number of carbonyl (C=O) groups is 2. The van der Waals surface area contributed by atoms with Crippen LogP contribution in [0.3, 0.4) is 0 Å². The highest BCUT2D eigenvalue weighted by Gasteiger charge is 2.34. The zero-order valence-corrected chi connectivity index (χ0v) is 9.06. The summed E-state index contributed by atoms with van der Waals surface area (Å²) in [5.41, 5.74) is 1.65. The first-order valence-corrected chi connectivity index (χ1v) is 5.54. The Kier molecular flexibility index (Phi) is 2.12. The first-order chi connectivity index (χ1) is 8.18. The molecule has 1 aromatic carbocycles. The Balaban J connectivity index is 2.17. The molecule has 86 valence electrons. The third-order valence-electron chi connectivity index (χ3n) is 3.20. The van der Waals surface area contributed by atoms with Crippen molar-refractivity contribution >= 4 is 11.6 Å². The minimum absolute atomic E-state index is 0.102. The fourth-order valence-electron chi connectivity index (χ4n) is 2.34. The molecule has 17 heavy (non-hydrogen) atoms. The summed E-state index contributed by atoms with van der Waals surface area (Å²) in [5, 5.41) is 12.2. The van der Waals surface area contributed by atoms with E-state index in [1.54, 1.807) is 24.3 Å². The molecule has 0 radical (unpaired) electrons. The molecule has 1 unspecified atom stereocenters. The molecule has 4 heteroatoms. The third kappa shape index (κ3) is 1.41. The van der Waals surface area contributed by atoms with Crippen molar-refractivity contribution in [2.24, 2.45) is 0 Å². The molecule has 1 aliphatic carbocycles. The zero-order chi connectivity index (χ0) is 12.0. The van der Waals surface area contributed by atoms with Crippen molar-refractivity contribution in [2.45, 2.75) is 19.1 Å². The molecule has 2 aliphatic rings. The van der Waals surface area contributed by atoms with Gasteiger partial charge in [0.15, 0.2) is 5.78 Å². The van der Waals surface area contributed by atoms with Gasteiger partial charge in [-0.25, -0.2) is 0 Å². The lowest BCUT2D eigenvalue weighted by molar-refractivity contribution is 0.0890. The van der Waals surface area contributed by atoms with Crippen molar-refractivity contribution in [3.63, 3.8) is 0 Å². The van der Waals surface area contributed by atoms with Crippen molar-refractivity contribution in [1.82, 2.24) is 5.32 Å². The average molecular weight is 229 g/mol. The van der Waals surface area contributed by atoms with Crippen LogP contribution in [0.25, 0.3) is 0 Å². The summed E-state index contributed by atoms with van der Waals surface area (Å²) in [5.74, 6) is -0.302. The smallest absolute Gasteiger partial charge is 0.210 e. The topological polar surface area (TPSA) is 66.4 Å². The molecule has 0 amide bonds. The Morgan fingerprint density at radius 2 is 1.76 bits per heavy atom. The number of benzene rings is 1. The lowest BCUT2D eigenvalue weighted by atomic mass is 9.83. The van der Waals surface area contributed by atoms with Gasteiger partial charge in [0.05, 0.1) is 5.70 Å². The van der Waals surface area contributed by atoms with Crippen LogP contribution in [0, 0.1) is 0 Å². The zero-order valence-electron chi connectivity index (χ0n) is 9.06. The van der Waals surface area contributed by atoms with Gasteiger partial charge in [0, 0.05) is 16.7 Å². The normalized spacial score (nSPS) is 23.0. The number of nitrogens with one attached hydrogen (secondary N) is 1. The molecule has 3 rings (SSSR count). The second-order valence-electron chi connectivity index (χ2n) is 4.26. The minimum atomic E-state index is -0.740. The maximum Gasteiger partial charge on any atom is 0.210 e. The van der Waals surface area contributed by atoms with E-state index < -0.39 is 6.23 Å². The van der Waals surface area contributed by atoms with E-state index in [1.165, 1.54) is 0 Å². The number of hydrogen-bond acceptors (Lipinski definition) is 4. The summed E-state index contributed by atoms with van der Waals surface area (Å²) in [7, 11) is 0. The van der Waals surface area contributed by atoms with Crippen LogP contribution in [0.2, 0.25) is 0 Å². The molecule has 1 atom stereocenters. The van der Waals surface area contributed by atoms with Crippen LogP contribution in [0.1, 0.15) is 33.6 Å². The van der Waals surface area contributed by atoms with Crippen molar-refractivity contribution in [1.29, 1.82) is 0 Å². The van der Waals surface area contributed by atoms with Crippen molar-refractivity contribution in [3.8, 4) is 0 Å².